The van der Waals surface area contributed by atoms with Crippen LogP contribution in [0.4, 0.5) is 0 Å². The number of rotatable bonds is 4. The monoisotopic (exact) mass is 552 g/mol. The molecule has 2 heterocycles. The Morgan fingerprint density at radius 3 is 2.00 bits per heavy atom. The molecule has 0 aliphatic rings. The van der Waals surface area contributed by atoms with Crippen molar-refractivity contribution in [3.05, 3.63) is 114 Å². The van der Waals surface area contributed by atoms with Gasteiger partial charge in [-0.1, -0.05) is 102 Å². The van der Waals surface area contributed by atoms with Gasteiger partial charge in [-0.25, -0.2) is 4.98 Å². The molecule has 0 radical (unpaired) electrons. The maximum absolute atomic E-state index is 10.9. The summed E-state index contributed by atoms with van der Waals surface area (Å²) >= 11 is 0. The van der Waals surface area contributed by atoms with Crippen LogP contribution in [0.15, 0.2) is 108 Å². The molecular formula is C38H36N2O2. The predicted octanol–water partition coefficient (Wildman–Crippen LogP) is 10.2. The van der Waals surface area contributed by atoms with Gasteiger partial charge in [0.05, 0.1) is 11.3 Å². The van der Waals surface area contributed by atoms with Crippen molar-refractivity contribution in [3.8, 4) is 50.7 Å². The van der Waals surface area contributed by atoms with Crippen LogP contribution < -0.4 is 0 Å². The molecule has 4 heteroatoms. The fourth-order valence-electron chi connectivity index (χ4n) is 5.60. The molecule has 2 aromatic heterocycles. The Morgan fingerprint density at radius 1 is 0.595 bits per heavy atom. The summed E-state index contributed by atoms with van der Waals surface area (Å²) < 4.78 is 6.32. The van der Waals surface area contributed by atoms with Crippen molar-refractivity contribution in [2.45, 2.75) is 52.4 Å². The first-order valence-corrected chi connectivity index (χ1v) is 14.4. The minimum atomic E-state index is -0.130. The van der Waals surface area contributed by atoms with E-state index in [0.29, 0.717) is 17.0 Å². The SMILES string of the molecule is CC(C)(C)c1cc(C(C)(C)C)c(-c2cccc3oc(-c4cc(-c5ccccc5)ccc4O)nc23)cc1-c1ccccn1. The predicted molar refractivity (Wildman–Crippen MR) is 173 cm³/mol. The van der Waals surface area contributed by atoms with Crippen LogP contribution in [-0.4, -0.2) is 15.1 Å². The largest absolute Gasteiger partial charge is 0.507 e. The minimum Gasteiger partial charge on any atom is -0.507 e. The van der Waals surface area contributed by atoms with E-state index in [1.807, 2.05) is 60.8 Å². The van der Waals surface area contributed by atoms with E-state index in [1.165, 1.54) is 11.1 Å². The van der Waals surface area contributed by atoms with Gasteiger partial charge < -0.3 is 9.52 Å². The Balaban J connectivity index is 1.58. The summed E-state index contributed by atoms with van der Waals surface area (Å²) in [5.74, 6) is 0.520. The molecule has 42 heavy (non-hydrogen) atoms. The number of hydrogen-bond donors (Lipinski definition) is 1. The number of pyridine rings is 1. The molecule has 1 N–H and O–H groups in total. The molecule has 0 aliphatic heterocycles. The Kier molecular flexibility index (Phi) is 6.73. The summed E-state index contributed by atoms with van der Waals surface area (Å²) in [5, 5.41) is 10.9. The molecule has 0 atom stereocenters. The van der Waals surface area contributed by atoms with Gasteiger partial charge in [-0.15, -0.1) is 0 Å². The third-order valence-electron chi connectivity index (χ3n) is 7.76. The normalized spacial score (nSPS) is 12.1. The number of phenolic OH excluding ortho intramolecular Hbond substituents is 1. The maximum atomic E-state index is 10.9. The number of aromatic nitrogens is 2. The smallest absolute Gasteiger partial charge is 0.231 e. The fourth-order valence-corrected chi connectivity index (χ4v) is 5.60. The summed E-state index contributed by atoms with van der Waals surface area (Å²) in [6.45, 7) is 13.5. The van der Waals surface area contributed by atoms with Gasteiger partial charge >= 0.3 is 0 Å². The summed E-state index contributed by atoms with van der Waals surface area (Å²) in [6, 6.07) is 32.4. The van der Waals surface area contributed by atoms with Gasteiger partial charge in [0.1, 0.15) is 11.3 Å². The minimum absolute atomic E-state index is 0.0836. The van der Waals surface area contributed by atoms with Crippen LogP contribution in [0.5, 0.6) is 5.75 Å². The lowest BCUT2D eigenvalue weighted by atomic mass is 9.74. The van der Waals surface area contributed by atoms with Gasteiger partial charge in [-0.3, -0.25) is 4.98 Å². The highest BCUT2D eigenvalue weighted by atomic mass is 16.3. The third kappa shape index (κ3) is 5.09. The highest BCUT2D eigenvalue weighted by Gasteiger charge is 2.28. The van der Waals surface area contributed by atoms with Crippen LogP contribution in [0.2, 0.25) is 0 Å². The zero-order valence-electron chi connectivity index (χ0n) is 25.1. The second kappa shape index (κ2) is 10.3. The lowest BCUT2D eigenvalue weighted by Gasteiger charge is -2.30. The molecular weight excluding hydrogens is 516 g/mol. The van der Waals surface area contributed by atoms with Crippen molar-refractivity contribution in [2.75, 3.05) is 0 Å². The molecule has 6 rings (SSSR count). The Bertz CT molecular complexity index is 1890. The average Bonchev–Trinajstić information content (AvgIpc) is 3.41. The van der Waals surface area contributed by atoms with E-state index < -0.39 is 0 Å². The lowest BCUT2D eigenvalue weighted by Crippen LogP contribution is -2.19. The number of oxazole rings is 1. The van der Waals surface area contributed by atoms with Crippen LogP contribution in [0.1, 0.15) is 52.7 Å². The molecule has 0 aliphatic carbocycles. The van der Waals surface area contributed by atoms with E-state index >= 15 is 0 Å². The van der Waals surface area contributed by atoms with E-state index in [4.69, 9.17) is 14.4 Å². The van der Waals surface area contributed by atoms with Crippen LogP contribution in [-0.2, 0) is 10.8 Å². The number of benzene rings is 4. The van der Waals surface area contributed by atoms with Gasteiger partial charge in [0, 0.05) is 17.3 Å². The van der Waals surface area contributed by atoms with E-state index in [0.717, 1.165) is 39.0 Å². The van der Waals surface area contributed by atoms with Gasteiger partial charge in [0.25, 0.3) is 0 Å². The van der Waals surface area contributed by atoms with E-state index in [9.17, 15) is 5.11 Å². The summed E-state index contributed by atoms with van der Waals surface area (Å²) in [4.78, 5) is 9.75. The fraction of sp³-hybridized carbons (Fsp3) is 0.211. The molecule has 210 valence electrons. The summed E-state index contributed by atoms with van der Waals surface area (Å²) in [6.07, 6.45) is 1.85. The van der Waals surface area contributed by atoms with Crippen molar-refractivity contribution in [3.63, 3.8) is 0 Å². The first-order valence-electron chi connectivity index (χ1n) is 14.4. The molecule has 0 fully saturated rings. The second-order valence-electron chi connectivity index (χ2n) is 12.9. The summed E-state index contributed by atoms with van der Waals surface area (Å²) in [7, 11) is 0. The van der Waals surface area contributed by atoms with Crippen molar-refractivity contribution in [1.82, 2.24) is 9.97 Å². The molecule has 0 saturated heterocycles. The molecule has 0 unspecified atom stereocenters. The zero-order chi connectivity index (χ0) is 29.6. The van der Waals surface area contributed by atoms with Crippen molar-refractivity contribution < 1.29 is 9.52 Å². The molecule has 0 saturated carbocycles. The molecule has 0 amide bonds. The Labute approximate surface area is 247 Å². The number of fused-ring (bicyclic) bond motifs is 1. The second-order valence-corrected chi connectivity index (χ2v) is 12.9. The van der Waals surface area contributed by atoms with Crippen LogP contribution >= 0.6 is 0 Å². The van der Waals surface area contributed by atoms with Gasteiger partial charge in [-0.05, 0) is 75.0 Å². The quantitative estimate of drug-likeness (QED) is 0.236. The zero-order valence-corrected chi connectivity index (χ0v) is 25.1. The van der Waals surface area contributed by atoms with Gasteiger partial charge in [0.2, 0.25) is 5.89 Å². The molecule has 6 aromatic rings. The topological polar surface area (TPSA) is 59.2 Å². The Morgan fingerprint density at radius 2 is 1.31 bits per heavy atom. The average molecular weight is 553 g/mol. The van der Waals surface area contributed by atoms with Crippen molar-refractivity contribution >= 4 is 11.1 Å². The van der Waals surface area contributed by atoms with Crippen molar-refractivity contribution in [2.24, 2.45) is 0 Å². The number of hydrogen-bond acceptors (Lipinski definition) is 4. The standard InChI is InChI=1S/C38H36N2O2/c1-37(2,3)30-23-31(38(4,5)6)28(32-16-10-11-20-39-32)22-27(30)26-15-12-17-34-35(26)40-36(42-34)29-21-25(18-19-33(29)41)24-13-8-7-9-14-24/h7-23,41H,1-6H3. The first kappa shape index (κ1) is 27.5. The van der Waals surface area contributed by atoms with Gasteiger partial charge in [-0.2, -0.15) is 0 Å². The first-order chi connectivity index (χ1) is 20.0. The number of para-hydroxylation sites is 1. The number of nitrogens with zero attached hydrogens (tertiary/aromatic N) is 2. The Hall–Kier alpha value is -4.70. The molecule has 4 nitrogen and oxygen atoms in total. The maximum Gasteiger partial charge on any atom is 0.231 e. The van der Waals surface area contributed by atoms with E-state index in [-0.39, 0.29) is 16.6 Å². The van der Waals surface area contributed by atoms with Crippen molar-refractivity contribution in [1.29, 1.82) is 0 Å². The van der Waals surface area contributed by atoms with Crippen LogP contribution in [0, 0.1) is 0 Å². The van der Waals surface area contributed by atoms with Crippen LogP contribution in [0.3, 0.4) is 0 Å². The molecule has 0 spiro atoms. The molecule has 4 aromatic carbocycles. The van der Waals surface area contributed by atoms with E-state index in [1.54, 1.807) is 6.07 Å². The number of phenols is 1. The van der Waals surface area contributed by atoms with Crippen LogP contribution in [0.25, 0.3) is 56.1 Å². The van der Waals surface area contributed by atoms with Gasteiger partial charge in [0.15, 0.2) is 5.58 Å². The highest BCUT2D eigenvalue weighted by molar-refractivity contribution is 5.95. The molecule has 0 bridgehead atoms. The third-order valence-corrected chi connectivity index (χ3v) is 7.76. The number of aromatic hydroxyl groups is 1. The highest BCUT2D eigenvalue weighted by Crippen LogP contribution is 2.44. The van der Waals surface area contributed by atoms with E-state index in [2.05, 4.69) is 77.9 Å². The summed E-state index contributed by atoms with van der Waals surface area (Å²) in [5.41, 5.74) is 10.5. The lowest BCUT2D eigenvalue weighted by molar-refractivity contribution is 0.474.